The summed E-state index contributed by atoms with van der Waals surface area (Å²) in [6.07, 6.45) is 4.44. The molecular formula is C15H16N4S. The number of hydrogen-bond donors (Lipinski definition) is 1. The number of rotatable bonds is 3. The Morgan fingerprint density at radius 3 is 2.70 bits per heavy atom. The predicted octanol–water partition coefficient (Wildman–Crippen LogP) is 2.93. The fourth-order valence-electron chi connectivity index (χ4n) is 2.35. The van der Waals surface area contributed by atoms with Gasteiger partial charge in [0.25, 0.3) is 0 Å². The molecule has 0 aliphatic carbocycles. The number of thioether (sulfide) groups is 1. The van der Waals surface area contributed by atoms with E-state index in [0.717, 1.165) is 29.0 Å². The Bertz CT molecular complexity index is 746. The predicted molar refractivity (Wildman–Crippen MR) is 83.2 cm³/mol. The summed E-state index contributed by atoms with van der Waals surface area (Å²) >= 11 is 1.75. The minimum absolute atomic E-state index is 0.775. The van der Waals surface area contributed by atoms with Crippen molar-refractivity contribution in [2.45, 2.75) is 18.2 Å². The Hall–Kier alpha value is -2.01. The maximum atomic E-state index is 6.17. The molecule has 0 amide bonds. The van der Waals surface area contributed by atoms with Crippen LogP contribution in [0, 0.1) is 6.92 Å². The average Bonchev–Trinajstić information content (AvgIpc) is 2.92. The molecule has 2 heterocycles. The van der Waals surface area contributed by atoms with E-state index in [1.807, 2.05) is 17.5 Å². The Kier molecular flexibility index (Phi) is 3.36. The van der Waals surface area contributed by atoms with Crippen LogP contribution in [-0.4, -0.2) is 20.9 Å². The maximum absolute atomic E-state index is 6.17. The molecule has 0 fully saturated rings. The van der Waals surface area contributed by atoms with Gasteiger partial charge in [0.15, 0.2) is 5.65 Å². The van der Waals surface area contributed by atoms with Gasteiger partial charge >= 0.3 is 0 Å². The third-order valence-electron chi connectivity index (χ3n) is 3.50. The number of aryl methyl sites for hydroxylation is 1. The van der Waals surface area contributed by atoms with Gasteiger partial charge in [0.1, 0.15) is 6.33 Å². The molecule has 0 bridgehead atoms. The first-order chi connectivity index (χ1) is 9.69. The number of nitrogens with zero attached hydrogens (tertiary/aromatic N) is 3. The summed E-state index contributed by atoms with van der Waals surface area (Å²) < 4.78 is 1.84. The van der Waals surface area contributed by atoms with E-state index in [4.69, 9.17) is 5.73 Å². The number of nitrogens with two attached hydrogens (primary N) is 1. The monoisotopic (exact) mass is 284 g/mol. The van der Waals surface area contributed by atoms with Crippen LogP contribution in [0.25, 0.3) is 5.65 Å². The molecule has 0 saturated heterocycles. The zero-order valence-electron chi connectivity index (χ0n) is 11.5. The fourth-order valence-corrected chi connectivity index (χ4v) is 2.76. The second-order valence-electron chi connectivity index (χ2n) is 4.72. The first kappa shape index (κ1) is 13.0. The third kappa shape index (κ3) is 2.25. The summed E-state index contributed by atoms with van der Waals surface area (Å²) in [5, 5.41) is 4.24. The van der Waals surface area contributed by atoms with E-state index in [2.05, 4.69) is 40.6 Å². The van der Waals surface area contributed by atoms with Crippen molar-refractivity contribution in [3.8, 4) is 0 Å². The lowest BCUT2D eigenvalue weighted by Crippen LogP contribution is -2.05. The molecule has 3 rings (SSSR count). The topological polar surface area (TPSA) is 56.2 Å². The molecule has 0 atom stereocenters. The van der Waals surface area contributed by atoms with Crippen LogP contribution in [-0.2, 0) is 6.42 Å². The van der Waals surface area contributed by atoms with Crippen molar-refractivity contribution in [1.82, 2.24) is 14.6 Å². The normalized spacial score (nSPS) is 11.1. The number of pyridine rings is 1. The minimum Gasteiger partial charge on any atom is -0.398 e. The molecule has 0 aliphatic heterocycles. The van der Waals surface area contributed by atoms with Gasteiger partial charge in [-0.15, -0.1) is 11.8 Å². The summed E-state index contributed by atoms with van der Waals surface area (Å²) in [6.45, 7) is 2.03. The quantitative estimate of drug-likeness (QED) is 0.751. The Morgan fingerprint density at radius 1 is 1.25 bits per heavy atom. The number of fused-ring (bicyclic) bond motifs is 1. The largest absolute Gasteiger partial charge is 0.398 e. The van der Waals surface area contributed by atoms with Crippen LogP contribution in [0.3, 0.4) is 0 Å². The van der Waals surface area contributed by atoms with E-state index in [0.29, 0.717) is 0 Å². The van der Waals surface area contributed by atoms with Gasteiger partial charge in [0.2, 0.25) is 0 Å². The maximum Gasteiger partial charge on any atom is 0.157 e. The van der Waals surface area contributed by atoms with Crippen LogP contribution < -0.4 is 5.73 Å². The molecule has 0 radical (unpaired) electrons. The summed E-state index contributed by atoms with van der Waals surface area (Å²) in [6, 6.07) is 10.5. The van der Waals surface area contributed by atoms with Gasteiger partial charge in [-0.1, -0.05) is 12.1 Å². The Morgan fingerprint density at radius 2 is 2.00 bits per heavy atom. The lowest BCUT2D eigenvalue weighted by atomic mass is 10.0. The smallest absolute Gasteiger partial charge is 0.157 e. The Balaban J connectivity index is 2.00. The molecule has 4 nitrogen and oxygen atoms in total. The first-order valence-corrected chi connectivity index (χ1v) is 7.62. The van der Waals surface area contributed by atoms with Crippen molar-refractivity contribution >= 4 is 23.1 Å². The van der Waals surface area contributed by atoms with Crippen LogP contribution in [0.15, 0.2) is 41.6 Å². The van der Waals surface area contributed by atoms with Gasteiger partial charge < -0.3 is 5.73 Å². The van der Waals surface area contributed by atoms with Crippen LogP contribution in [0.1, 0.15) is 16.8 Å². The molecule has 5 heteroatoms. The van der Waals surface area contributed by atoms with Gasteiger partial charge in [0.05, 0.1) is 0 Å². The van der Waals surface area contributed by atoms with E-state index in [1.165, 1.54) is 10.5 Å². The molecule has 0 spiro atoms. The van der Waals surface area contributed by atoms with Gasteiger partial charge in [-0.3, -0.25) is 0 Å². The van der Waals surface area contributed by atoms with Crippen molar-refractivity contribution in [3.63, 3.8) is 0 Å². The molecule has 102 valence electrons. The molecular weight excluding hydrogens is 268 g/mol. The number of anilines is 1. The highest BCUT2D eigenvalue weighted by atomic mass is 32.2. The van der Waals surface area contributed by atoms with Crippen LogP contribution in [0.5, 0.6) is 0 Å². The van der Waals surface area contributed by atoms with Crippen molar-refractivity contribution < 1.29 is 0 Å². The number of hydrogen-bond acceptors (Lipinski definition) is 4. The molecule has 3 aromatic rings. The number of aromatic nitrogens is 3. The van der Waals surface area contributed by atoms with E-state index in [1.54, 1.807) is 18.1 Å². The number of benzene rings is 1. The molecule has 0 unspecified atom stereocenters. The summed E-state index contributed by atoms with van der Waals surface area (Å²) in [5.41, 5.74) is 11.1. The van der Waals surface area contributed by atoms with Gasteiger partial charge in [-0.2, -0.15) is 5.10 Å². The molecule has 0 aliphatic rings. The summed E-state index contributed by atoms with van der Waals surface area (Å²) in [7, 11) is 0. The molecule has 0 saturated carbocycles. The van der Waals surface area contributed by atoms with E-state index >= 15 is 0 Å². The van der Waals surface area contributed by atoms with Crippen molar-refractivity contribution in [2.24, 2.45) is 0 Å². The van der Waals surface area contributed by atoms with E-state index in [9.17, 15) is 0 Å². The van der Waals surface area contributed by atoms with Crippen molar-refractivity contribution in [3.05, 3.63) is 53.5 Å². The fraction of sp³-hybridized carbons (Fsp3) is 0.200. The van der Waals surface area contributed by atoms with E-state index < -0.39 is 0 Å². The van der Waals surface area contributed by atoms with E-state index in [-0.39, 0.29) is 0 Å². The van der Waals surface area contributed by atoms with Gasteiger partial charge in [0, 0.05) is 34.3 Å². The van der Waals surface area contributed by atoms with Crippen LogP contribution in [0.4, 0.5) is 5.69 Å². The summed E-state index contributed by atoms with van der Waals surface area (Å²) in [5.74, 6) is 0. The van der Waals surface area contributed by atoms with Crippen molar-refractivity contribution in [2.75, 3.05) is 12.0 Å². The second-order valence-corrected chi connectivity index (χ2v) is 5.60. The molecule has 1 aromatic carbocycles. The summed E-state index contributed by atoms with van der Waals surface area (Å²) in [4.78, 5) is 5.45. The van der Waals surface area contributed by atoms with Crippen molar-refractivity contribution in [1.29, 1.82) is 0 Å². The zero-order valence-corrected chi connectivity index (χ0v) is 12.3. The highest BCUT2D eigenvalue weighted by Gasteiger charge is 2.10. The standard InChI is InChI=1S/C15H16N4S/c1-10-13(7-11-3-5-12(20-2)6-4-11)14(16)8-15-17-9-18-19(10)15/h3-6,8-9H,7,16H2,1-2H3. The number of nitrogen functional groups attached to an aromatic ring is 1. The third-order valence-corrected chi connectivity index (χ3v) is 4.25. The highest BCUT2D eigenvalue weighted by molar-refractivity contribution is 7.98. The van der Waals surface area contributed by atoms with Gasteiger partial charge in [-0.25, -0.2) is 9.50 Å². The average molecular weight is 284 g/mol. The molecule has 2 N–H and O–H groups in total. The lowest BCUT2D eigenvalue weighted by Gasteiger charge is -2.11. The van der Waals surface area contributed by atoms with Crippen LogP contribution in [0.2, 0.25) is 0 Å². The Labute approximate surface area is 122 Å². The first-order valence-electron chi connectivity index (χ1n) is 6.39. The van der Waals surface area contributed by atoms with Gasteiger partial charge in [-0.05, 0) is 30.9 Å². The SMILES string of the molecule is CSc1ccc(Cc2c(N)cc3ncnn3c2C)cc1. The second kappa shape index (κ2) is 5.17. The highest BCUT2D eigenvalue weighted by Crippen LogP contribution is 2.23. The lowest BCUT2D eigenvalue weighted by molar-refractivity contribution is 0.893. The molecule has 2 aromatic heterocycles. The molecule has 20 heavy (non-hydrogen) atoms. The van der Waals surface area contributed by atoms with Crippen LogP contribution >= 0.6 is 11.8 Å². The zero-order chi connectivity index (χ0) is 14.1. The minimum atomic E-state index is 0.775.